The van der Waals surface area contributed by atoms with E-state index in [4.69, 9.17) is 0 Å². The van der Waals surface area contributed by atoms with Crippen molar-refractivity contribution in [1.29, 1.82) is 0 Å². The Bertz CT molecular complexity index is 2000. The van der Waals surface area contributed by atoms with Crippen LogP contribution in [-0.4, -0.2) is 0 Å². The molecule has 8 rings (SSSR count). The first-order valence-electron chi connectivity index (χ1n) is 15.8. The van der Waals surface area contributed by atoms with E-state index < -0.39 is 15.8 Å². The molecule has 6 aromatic rings. The van der Waals surface area contributed by atoms with Gasteiger partial charge in [0, 0.05) is 31.2 Å². The SMILES string of the molecule is PC1SC(P(c2ccccc2)c2ccccc2)=C(C2=C(P(c3ccccc3)c3ccccc3)SCc3ccccc32)c2ccccc21. The van der Waals surface area contributed by atoms with Crippen LogP contribution in [0.4, 0.5) is 0 Å². The Hall–Kier alpha value is -3.21. The summed E-state index contributed by atoms with van der Waals surface area (Å²) in [4.78, 5) is 0.266. The lowest BCUT2D eigenvalue weighted by Crippen LogP contribution is -2.18. The molecule has 0 amide bonds. The van der Waals surface area contributed by atoms with Gasteiger partial charge in [0.1, 0.15) is 0 Å². The van der Waals surface area contributed by atoms with Crippen LogP contribution in [-0.2, 0) is 5.75 Å². The molecule has 0 saturated carbocycles. The van der Waals surface area contributed by atoms with Crippen LogP contribution < -0.4 is 21.2 Å². The van der Waals surface area contributed by atoms with Crippen molar-refractivity contribution in [2.75, 3.05) is 0 Å². The molecule has 0 bridgehead atoms. The zero-order valence-electron chi connectivity index (χ0n) is 25.7. The monoisotopic (exact) mass is 694 g/mol. The molecule has 2 aliphatic heterocycles. The first-order valence-corrected chi connectivity index (χ1v) is 21.0. The third-order valence-corrected chi connectivity index (χ3v) is 17.5. The maximum absolute atomic E-state index is 3.18. The Morgan fingerprint density at radius 2 is 0.851 bits per heavy atom. The number of allylic oxidation sites excluding steroid dienone is 2. The predicted molar refractivity (Wildman–Crippen MR) is 216 cm³/mol. The van der Waals surface area contributed by atoms with Gasteiger partial charge in [0.2, 0.25) is 0 Å². The predicted octanol–water partition coefficient (Wildman–Crippen LogP) is 10.9. The lowest BCUT2D eigenvalue weighted by atomic mass is 9.89. The minimum Gasteiger partial charge on any atom is -0.120 e. The highest BCUT2D eigenvalue weighted by Gasteiger charge is 2.37. The third-order valence-electron chi connectivity index (χ3n) is 8.57. The third kappa shape index (κ3) is 6.13. The first-order chi connectivity index (χ1) is 23.3. The number of rotatable bonds is 7. The fraction of sp³-hybridized carbons (Fsp3) is 0.0476. The van der Waals surface area contributed by atoms with Crippen LogP contribution in [0.3, 0.4) is 0 Å². The van der Waals surface area contributed by atoms with E-state index >= 15 is 0 Å². The lowest BCUT2D eigenvalue weighted by molar-refractivity contribution is 1.33. The zero-order chi connectivity index (χ0) is 31.6. The maximum Gasteiger partial charge on any atom is 0.0491 e. The van der Waals surface area contributed by atoms with Crippen molar-refractivity contribution in [2.24, 2.45) is 0 Å². The quantitative estimate of drug-likeness (QED) is 0.153. The van der Waals surface area contributed by atoms with Gasteiger partial charge < -0.3 is 0 Å². The molecule has 0 radical (unpaired) electrons. The fourth-order valence-corrected chi connectivity index (χ4v) is 16.4. The molecule has 228 valence electrons. The molecule has 2 aliphatic rings. The number of hydrogen-bond acceptors (Lipinski definition) is 2. The van der Waals surface area contributed by atoms with Gasteiger partial charge in [-0.05, 0) is 59.3 Å². The van der Waals surface area contributed by atoms with Gasteiger partial charge in [-0.1, -0.05) is 170 Å². The van der Waals surface area contributed by atoms with E-state index in [2.05, 4.69) is 191 Å². The average Bonchev–Trinajstić information content (AvgIpc) is 3.14. The first kappa shape index (κ1) is 31.1. The molecule has 2 unspecified atom stereocenters. The van der Waals surface area contributed by atoms with Gasteiger partial charge in [0.05, 0.1) is 0 Å². The Morgan fingerprint density at radius 3 is 1.38 bits per heavy atom. The topological polar surface area (TPSA) is 0 Å². The second-order valence-corrected chi connectivity index (χ2v) is 19.6. The van der Waals surface area contributed by atoms with Gasteiger partial charge in [0.15, 0.2) is 0 Å². The van der Waals surface area contributed by atoms with Crippen molar-refractivity contribution in [3.8, 4) is 0 Å². The molecule has 5 heteroatoms. The molecule has 0 aromatic heterocycles. The Balaban J connectivity index is 1.51. The second-order valence-electron chi connectivity index (χ2n) is 11.4. The summed E-state index contributed by atoms with van der Waals surface area (Å²) >= 11 is 4.10. The summed E-state index contributed by atoms with van der Waals surface area (Å²) in [6, 6.07) is 63.2. The minimum absolute atomic E-state index is 0.266. The van der Waals surface area contributed by atoms with Crippen LogP contribution in [0.5, 0.6) is 0 Å². The summed E-state index contributed by atoms with van der Waals surface area (Å²) in [5.41, 5.74) is 8.38. The molecule has 2 heterocycles. The van der Waals surface area contributed by atoms with Crippen LogP contribution in [0, 0.1) is 0 Å². The smallest absolute Gasteiger partial charge is 0.0491 e. The normalized spacial score (nSPS) is 15.9. The molecule has 0 saturated heterocycles. The summed E-state index contributed by atoms with van der Waals surface area (Å²) < 4.78 is 2.98. The highest BCUT2D eigenvalue weighted by Crippen LogP contribution is 2.67. The average molecular weight is 695 g/mol. The zero-order valence-corrected chi connectivity index (χ0v) is 30.3. The summed E-state index contributed by atoms with van der Waals surface area (Å²) in [6.07, 6.45) is 0. The van der Waals surface area contributed by atoms with Crippen LogP contribution in [0.25, 0.3) is 11.1 Å². The van der Waals surface area contributed by atoms with Crippen LogP contribution in [0.2, 0.25) is 0 Å². The van der Waals surface area contributed by atoms with E-state index in [9.17, 15) is 0 Å². The fourth-order valence-electron chi connectivity index (χ4n) is 6.45. The van der Waals surface area contributed by atoms with Crippen molar-refractivity contribution in [3.63, 3.8) is 0 Å². The minimum atomic E-state index is -0.827. The van der Waals surface area contributed by atoms with Crippen molar-refractivity contribution in [3.05, 3.63) is 201 Å². The van der Waals surface area contributed by atoms with Gasteiger partial charge in [-0.3, -0.25) is 0 Å². The molecule has 0 nitrogen and oxygen atoms in total. The van der Waals surface area contributed by atoms with E-state index in [0.29, 0.717) is 0 Å². The number of benzene rings is 6. The van der Waals surface area contributed by atoms with Crippen LogP contribution >= 0.6 is 48.6 Å². The molecule has 47 heavy (non-hydrogen) atoms. The summed E-state index contributed by atoms with van der Waals surface area (Å²) in [7, 11) is 1.55. The maximum atomic E-state index is 3.18. The summed E-state index contributed by atoms with van der Waals surface area (Å²) in [5.74, 6) is 0.975. The Morgan fingerprint density at radius 1 is 0.447 bits per heavy atom. The highest BCUT2D eigenvalue weighted by atomic mass is 32.2. The van der Waals surface area contributed by atoms with E-state index in [0.717, 1.165) is 5.75 Å². The van der Waals surface area contributed by atoms with E-state index in [1.54, 1.807) is 0 Å². The number of thioether (sulfide) groups is 2. The lowest BCUT2D eigenvalue weighted by Gasteiger charge is -2.37. The largest absolute Gasteiger partial charge is 0.120 e. The Kier molecular flexibility index (Phi) is 9.33. The molecule has 2 atom stereocenters. The van der Waals surface area contributed by atoms with E-state index in [1.807, 2.05) is 11.8 Å². The van der Waals surface area contributed by atoms with Gasteiger partial charge in [-0.15, -0.1) is 32.8 Å². The van der Waals surface area contributed by atoms with Gasteiger partial charge >= 0.3 is 0 Å². The highest BCUT2D eigenvalue weighted by molar-refractivity contribution is 8.15. The van der Waals surface area contributed by atoms with Crippen molar-refractivity contribution >= 4 is 81.0 Å². The summed E-state index contributed by atoms with van der Waals surface area (Å²) in [5, 5.41) is 5.56. The van der Waals surface area contributed by atoms with Crippen molar-refractivity contribution in [1.82, 2.24) is 0 Å². The second kappa shape index (κ2) is 14.1. The van der Waals surface area contributed by atoms with Crippen LogP contribution in [0.15, 0.2) is 179 Å². The Labute approximate surface area is 291 Å². The van der Waals surface area contributed by atoms with E-state index in [-0.39, 0.29) is 4.99 Å². The molecule has 6 aromatic carbocycles. The standard InChI is InChI=1S/C42H33P3S2/c43-40-37-28-16-15-27-36(37)39(42(47-40)45(33-22-9-3-10-23-33)34-24-11-4-12-25-34)38-35-26-14-13-17-30(35)29-46-41(38)44(31-18-5-1-6-19-31)32-20-7-2-8-21-32/h1-28,40H,29,43H2. The molecule has 0 aliphatic carbocycles. The molecule has 0 N–H and O–H groups in total. The molecule has 0 spiro atoms. The van der Waals surface area contributed by atoms with Gasteiger partial charge in [0.25, 0.3) is 0 Å². The van der Waals surface area contributed by atoms with Crippen molar-refractivity contribution in [2.45, 2.75) is 10.7 Å². The number of hydrogen-bond donors (Lipinski definition) is 0. The van der Waals surface area contributed by atoms with E-state index in [1.165, 1.54) is 63.9 Å². The number of fused-ring (bicyclic) bond motifs is 2. The van der Waals surface area contributed by atoms with Gasteiger partial charge in [-0.25, -0.2) is 0 Å². The van der Waals surface area contributed by atoms with Crippen LogP contribution in [0.1, 0.15) is 27.2 Å². The molecule has 0 fully saturated rings. The van der Waals surface area contributed by atoms with Crippen molar-refractivity contribution < 1.29 is 0 Å². The molecular weight excluding hydrogens is 662 g/mol. The van der Waals surface area contributed by atoms with Gasteiger partial charge in [-0.2, -0.15) is 0 Å². The summed E-state index contributed by atoms with van der Waals surface area (Å²) in [6.45, 7) is 0. The molecular formula is C42H33P3S2.